The first kappa shape index (κ1) is 13.2. The van der Waals surface area contributed by atoms with Gasteiger partial charge in [-0.15, -0.1) is 0 Å². The molecule has 0 aliphatic carbocycles. The lowest BCUT2D eigenvalue weighted by molar-refractivity contribution is 0.489. The zero-order valence-corrected chi connectivity index (χ0v) is 11.7. The van der Waals surface area contributed by atoms with Gasteiger partial charge in [0, 0.05) is 10.0 Å². The van der Waals surface area contributed by atoms with E-state index in [0.29, 0.717) is 6.42 Å². The Labute approximate surface area is 115 Å². The van der Waals surface area contributed by atoms with Crippen molar-refractivity contribution in [2.45, 2.75) is 18.9 Å². The molecule has 0 spiro atoms. The van der Waals surface area contributed by atoms with Crippen LogP contribution in [-0.2, 0) is 12.0 Å². The Balaban J connectivity index is 2.23. The zero-order chi connectivity index (χ0) is 13.2. The predicted molar refractivity (Wildman–Crippen MR) is 75.8 cm³/mol. The van der Waals surface area contributed by atoms with Crippen molar-refractivity contribution in [1.29, 1.82) is 0 Å². The first-order chi connectivity index (χ1) is 8.47. The number of halogens is 2. The minimum atomic E-state index is -0.505. The summed E-state index contributed by atoms with van der Waals surface area (Å²) in [6, 6.07) is 14.5. The van der Waals surface area contributed by atoms with E-state index >= 15 is 0 Å². The van der Waals surface area contributed by atoms with E-state index in [1.54, 1.807) is 6.07 Å². The van der Waals surface area contributed by atoms with Gasteiger partial charge in [0.05, 0.1) is 0 Å². The average Bonchev–Trinajstić information content (AvgIpc) is 2.29. The lowest BCUT2D eigenvalue weighted by atomic mass is 9.87. The molecule has 0 amide bonds. The molecule has 1 nitrogen and oxygen atoms in total. The summed E-state index contributed by atoms with van der Waals surface area (Å²) in [6.07, 6.45) is 0.604. The maximum atomic E-state index is 13.2. The first-order valence-electron chi connectivity index (χ1n) is 5.77. The lowest BCUT2D eigenvalue weighted by Crippen LogP contribution is -2.35. The van der Waals surface area contributed by atoms with Crippen molar-refractivity contribution in [2.24, 2.45) is 5.73 Å². The molecule has 2 aromatic rings. The van der Waals surface area contributed by atoms with Crippen LogP contribution in [0.1, 0.15) is 18.1 Å². The highest BCUT2D eigenvalue weighted by molar-refractivity contribution is 9.10. The van der Waals surface area contributed by atoms with E-state index in [1.165, 1.54) is 12.1 Å². The van der Waals surface area contributed by atoms with Crippen LogP contribution in [0.2, 0.25) is 0 Å². The highest BCUT2D eigenvalue weighted by atomic mass is 79.9. The third-order valence-corrected chi connectivity index (χ3v) is 3.49. The molecule has 1 atom stereocenters. The monoisotopic (exact) mass is 307 g/mol. The second-order valence-electron chi connectivity index (χ2n) is 4.73. The molecule has 0 saturated carbocycles. The van der Waals surface area contributed by atoms with Gasteiger partial charge >= 0.3 is 0 Å². The van der Waals surface area contributed by atoms with E-state index in [4.69, 9.17) is 5.73 Å². The standard InChI is InChI=1S/C15H15BrFN/c1-15(18,12-5-7-13(16)8-6-12)10-11-3-2-4-14(17)9-11/h2-9H,10,18H2,1H3. The average molecular weight is 308 g/mol. The molecule has 18 heavy (non-hydrogen) atoms. The second kappa shape index (κ2) is 5.21. The molecule has 0 fully saturated rings. The molecule has 94 valence electrons. The maximum absolute atomic E-state index is 13.2. The molecule has 2 aromatic carbocycles. The molecule has 1 unspecified atom stereocenters. The molecule has 3 heteroatoms. The normalized spacial score (nSPS) is 14.2. The van der Waals surface area contributed by atoms with E-state index in [2.05, 4.69) is 15.9 Å². The van der Waals surface area contributed by atoms with E-state index in [-0.39, 0.29) is 5.82 Å². The Bertz CT molecular complexity index is 534. The predicted octanol–water partition coefficient (Wildman–Crippen LogP) is 4.00. The highest BCUT2D eigenvalue weighted by Gasteiger charge is 2.21. The van der Waals surface area contributed by atoms with Crippen LogP contribution in [0.4, 0.5) is 4.39 Å². The molecule has 0 heterocycles. The van der Waals surface area contributed by atoms with E-state index < -0.39 is 5.54 Å². The number of benzene rings is 2. The van der Waals surface area contributed by atoms with Crippen molar-refractivity contribution < 1.29 is 4.39 Å². The van der Waals surface area contributed by atoms with Crippen LogP contribution < -0.4 is 5.73 Å². The summed E-state index contributed by atoms with van der Waals surface area (Å²) in [5.41, 5.74) is 7.77. The molecular formula is C15H15BrFN. The Kier molecular flexibility index (Phi) is 3.83. The number of nitrogens with two attached hydrogens (primary N) is 1. The SMILES string of the molecule is CC(N)(Cc1cccc(F)c1)c1ccc(Br)cc1. The number of rotatable bonds is 3. The molecule has 2 rings (SSSR count). The van der Waals surface area contributed by atoms with Gasteiger partial charge in [-0.25, -0.2) is 4.39 Å². The van der Waals surface area contributed by atoms with Crippen LogP contribution in [0, 0.1) is 5.82 Å². The summed E-state index contributed by atoms with van der Waals surface area (Å²) in [6.45, 7) is 1.96. The summed E-state index contributed by atoms with van der Waals surface area (Å²) in [5.74, 6) is -0.223. The van der Waals surface area contributed by atoms with Gasteiger partial charge in [0.15, 0.2) is 0 Å². The van der Waals surface area contributed by atoms with Gasteiger partial charge in [0.25, 0.3) is 0 Å². The van der Waals surface area contributed by atoms with E-state index in [9.17, 15) is 4.39 Å². The zero-order valence-electron chi connectivity index (χ0n) is 10.2. The fraction of sp³-hybridized carbons (Fsp3) is 0.200. The largest absolute Gasteiger partial charge is 0.321 e. The summed E-state index contributed by atoms with van der Waals surface area (Å²) in [7, 11) is 0. The van der Waals surface area contributed by atoms with Crippen LogP contribution >= 0.6 is 15.9 Å². The quantitative estimate of drug-likeness (QED) is 0.911. The molecular weight excluding hydrogens is 293 g/mol. The van der Waals surface area contributed by atoms with Gasteiger partial charge in [-0.2, -0.15) is 0 Å². The smallest absolute Gasteiger partial charge is 0.123 e. The fourth-order valence-electron chi connectivity index (χ4n) is 2.00. The topological polar surface area (TPSA) is 26.0 Å². The Morgan fingerprint density at radius 3 is 2.44 bits per heavy atom. The summed E-state index contributed by atoms with van der Waals surface area (Å²) >= 11 is 3.40. The van der Waals surface area contributed by atoms with Gasteiger partial charge in [0.2, 0.25) is 0 Å². The maximum Gasteiger partial charge on any atom is 0.123 e. The van der Waals surface area contributed by atoms with Crippen molar-refractivity contribution in [1.82, 2.24) is 0 Å². The second-order valence-corrected chi connectivity index (χ2v) is 5.65. The lowest BCUT2D eigenvalue weighted by Gasteiger charge is -2.25. The van der Waals surface area contributed by atoms with Crippen LogP contribution in [0.15, 0.2) is 53.0 Å². The van der Waals surface area contributed by atoms with Crippen molar-refractivity contribution in [3.63, 3.8) is 0 Å². The van der Waals surface area contributed by atoms with E-state index in [0.717, 1.165) is 15.6 Å². The Hall–Kier alpha value is -1.19. The molecule has 0 saturated heterocycles. The summed E-state index contributed by atoms with van der Waals surface area (Å²) < 4.78 is 14.2. The minimum Gasteiger partial charge on any atom is -0.321 e. The van der Waals surface area contributed by atoms with Crippen molar-refractivity contribution in [2.75, 3.05) is 0 Å². The molecule has 0 radical (unpaired) electrons. The van der Waals surface area contributed by atoms with Crippen LogP contribution in [-0.4, -0.2) is 0 Å². The number of hydrogen-bond donors (Lipinski definition) is 1. The Morgan fingerprint density at radius 2 is 1.83 bits per heavy atom. The van der Waals surface area contributed by atoms with Crippen molar-refractivity contribution in [3.8, 4) is 0 Å². The fourth-order valence-corrected chi connectivity index (χ4v) is 2.27. The van der Waals surface area contributed by atoms with Gasteiger partial charge in [-0.3, -0.25) is 0 Å². The van der Waals surface area contributed by atoms with Gasteiger partial charge < -0.3 is 5.73 Å². The van der Waals surface area contributed by atoms with E-state index in [1.807, 2.05) is 37.3 Å². The van der Waals surface area contributed by atoms with Crippen molar-refractivity contribution >= 4 is 15.9 Å². The molecule has 2 N–H and O–H groups in total. The number of hydrogen-bond acceptors (Lipinski definition) is 1. The van der Waals surface area contributed by atoms with Crippen LogP contribution in [0.5, 0.6) is 0 Å². The molecule has 0 bridgehead atoms. The molecule has 0 aliphatic heterocycles. The summed E-state index contributed by atoms with van der Waals surface area (Å²) in [4.78, 5) is 0. The van der Waals surface area contributed by atoms with Gasteiger partial charge in [-0.1, -0.05) is 40.2 Å². The Morgan fingerprint density at radius 1 is 1.17 bits per heavy atom. The van der Waals surface area contributed by atoms with Gasteiger partial charge in [-0.05, 0) is 48.7 Å². The third kappa shape index (κ3) is 3.18. The summed E-state index contributed by atoms with van der Waals surface area (Å²) in [5, 5.41) is 0. The molecule has 0 aliphatic rings. The highest BCUT2D eigenvalue weighted by Crippen LogP contribution is 2.24. The van der Waals surface area contributed by atoms with Crippen molar-refractivity contribution in [3.05, 3.63) is 69.9 Å². The molecule has 0 aromatic heterocycles. The third-order valence-electron chi connectivity index (χ3n) is 2.96. The van der Waals surface area contributed by atoms with Crippen LogP contribution in [0.3, 0.4) is 0 Å². The van der Waals surface area contributed by atoms with Crippen LogP contribution in [0.25, 0.3) is 0 Å². The minimum absolute atomic E-state index is 0.223. The first-order valence-corrected chi connectivity index (χ1v) is 6.56. The van der Waals surface area contributed by atoms with Gasteiger partial charge in [0.1, 0.15) is 5.82 Å².